The quantitative estimate of drug-likeness (QED) is 0.728. The van der Waals surface area contributed by atoms with E-state index in [9.17, 15) is 14.7 Å². The van der Waals surface area contributed by atoms with Crippen LogP contribution in [0.15, 0.2) is 28.7 Å². The van der Waals surface area contributed by atoms with Gasteiger partial charge in [0.15, 0.2) is 0 Å². The van der Waals surface area contributed by atoms with E-state index in [1.165, 1.54) is 4.90 Å². The van der Waals surface area contributed by atoms with Crippen molar-refractivity contribution in [3.63, 3.8) is 0 Å². The van der Waals surface area contributed by atoms with Crippen LogP contribution in [0.5, 0.6) is 0 Å². The van der Waals surface area contributed by atoms with E-state index in [-0.39, 0.29) is 18.0 Å². The number of piperidine rings is 1. The van der Waals surface area contributed by atoms with Crippen LogP contribution in [0.1, 0.15) is 33.6 Å². The van der Waals surface area contributed by atoms with Gasteiger partial charge in [-0.25, -0.2) is 4.79 Å². The van der Waals surface area contributed by atoms with Gasteiger partial charge in [-0.15, -0.1) is 0 Å². The summed E-state index contributed by atoms with van der Waals surface area (Å²) >= 11 is 3.38. The van der Waals surface area contributed by atoms with Gasteiger partial charge in [0.25, 0.3) is 0 Å². The maximum atomic E-state index is 12.3. The van der Waals surface area contributed by atoms with Crippen molar-refractivity contribution >= 4 is 33.6 Å². The van der Waals surface area contributed by atoms with E-state index < -0.39 is 17.5 Å². The van der Waals surface area contributed by atoms with Crippen molar-refractivity contribution in [1.29, 1.82) is 0 Å². The lowest BCUT2D eigenvalue weighted by Crippen LogP contribution is -2.63. The zero-order valence-electron chi connectivity index (χ0n) is 14.2. The maximum absolute atomic E-state index is 12.3. The van der Waals surface area contributed by atoms with E-state index >= 15 is 0 Å². The van der Waals surface area contributed by atoms with Crippen LogP contribution in [0, 0.1) is 5.41 Å². The first-order valence-electron chi connectivity index (χ1n) is 7.88. The third kappa shape index (κ3) is 3.83. The standard InChI is InChI=1S/C17H24BrN3O3/c1-16(2,3)13-10-17(14(19)22,8-9-21(13)15(23)24)20-12-6-4-11(18)5-7-12/h4-7,13,20H,8-10H2,1-3H3,(H2,19,22)(H,23,24). The average Bonchev–Trinajstić information content (AvgIpc) is 2.48. The number of amides is 2. The highest BCUT2D eigenvalue weighted by Gasteiger charge is 2.49. The van der Waals surface area contributed by atoms with Crippen LogP contribution in [0.25, 0.3) is 0 Å². The molecule has 1 aliphatic heterocycles. The van der Waals surface area contributed by atoms with Crippen molar-refractivity contribution in [2.24, 2.45) is 11.1 Å². The second kappa shape index (κ2) is 6.63. The monoisotopic (exact) mass is 397 g/mol. The molecule has 0 bridgehead atoms. The number of carboxylic acid groups (broad SMARTS) is 1. The summed E-state index contributed by atoms with van der Waals surface area (Å²) in [5.41, 5.74) is 5.25. The number of likely N-dealkylation sites (tertiary alicyclic amines) is 1. The van der Waals surface area contributed by atoms with Gasteiger partial charge in [-0.2, -0.15) is 0 Å². The minimum Gasteiger partial charge on any atom is -0.465 e. The van der Waals surface area contributed by atoms with E-state index in [0.29, 0.717) is 12.8 Å². The summed E-state index contributed by atoms with van der Waals surface area (Å²) in [6.07, 6.45) is -0.275. The lowest BCUT2D eigenvalue weighted by molar-refractivity contribution is -0.125. The molecule has 2 atom stereocenters. The number of primary amides is 1. The first kappa shape index (κ1) is 18.6. The number of nitrogens with zero attached hydrogens (tertiary/aromatic N) is 1. The Balaban J connectivity index is 2.34. The molecule has 1 aromatic carbocycles. The van der Waals surface area contributed by atoms with Crippen LogP contribution < -0.4 is 11.1 Å². The van der Waals surface area contributed by atoms with E-state index in [4.69, 9.17) is 5.73 Å². The lowest BCUT2D eigenvalue weighted by Gasteiger charge is -2.49. The summed E-state index contributed by atoms with van der Waals surface area (Å²) < 4.78 is 0.939. The second-order valence-electron chi connectivity index (χ2n) is 7.39. The molecule has 7 heteroatoms. The SMILES string of the molecule is CC(C)(C)C1CC(Nc2ccc(Br)cc2)(C(N)=O)CCN1C(=O)O. The number of carbonyl (C=O) groups is 2. The van der Waals surface area contributed by atoms with Crippen molar-refractivity contribution in [2.75, 3.05) is 11.9 Å². The third-order valence-electron chi connectivity index (χ3n) is 4.64. The highest BCUT2D eigenvalue weighted by Crippen LogP contribution is 2.38. The van der Waals surface area contributed by atoms with Gasteiger partial charge >= 0.3 is 6.09 Å². The summed E-state index contributed by atoms with van der Waals surface area (Å²) in [6.45, 7) is 6.20. The molecule has 0 saturated carbocycles. The Labute approximate surface area is 150 Å². The molecule has 1 saturated heterocycles. The van der Waals surface area contributed by atoms with E-state index in [2.05, 4.69) is 21.2 Å². The molecular formula is C17H24BrN3O3. The van der Waals surface area contributed by atoms with Gasteiger partial charge < -0.3 is 21.1 Å². The molecule has 0 radical (unpaired) electrons. The Morgan fingerprint density at radius 2 is 1.92 bits per heavy atom. The Kier molecular flexibility index (Phi) is 5.13. The summed E-state index contributed by atoms with van der Waals surface area (Å²) in [5, 5.41) is 12.8. The van der Waals surface area contributed by atoms with E-state index in [1.807, 2.05) is 45.0 Å². The molecule has 24 heavy (non-hydrogen) atoms. The molecule has 1 fully saturated rings. The molecule has 1 heterocycles. The Hall–Kier alpha value is -1.76. The minimum atomic E-state index is -0.961. The number of hydrogen-bond donors (Lipinski definition) is 3. The summed E-state index contributed by atoms with van der Waals surface area (Å²) in [6, 6.07) is 7.18. The number of benzene rings is 1. The number of halogens is 1. The summed E-state index contributed by atoms with van der Waals surface area (Å²) in [7, 11) is 0. The number of nitrogens with two attached hydrogens (primary N) is 1. The number of anilines is 1. The molecule has 2 rings (SSSR count). The number of rotatable bonds is 3. The van der Waals surface area contributed by atoms with Gasteiger partial charge in [-0.05, 0) is 36.1 Å². The van der Waals surface area contributed by atoms with Crippen LogP contribution in [0.4, 0.5) is 10.5 Å². The van der Waals surface area contributed by atoms with Gasteiger partial charge in [0.1, 0.15) is 5.54 Å². The smallest absolute Gasteiger partial charge is 0.407 e. The predicted octanol–water partition coefficient (Wildman–Crippen LogP) is 3.27. The van der Waals surface area contributed by atoms with Gasteiger partial charge in [0.2, 0.25) is 5.91 Å². The highest BCUT2D eigenvalue weighted by atomic mass is 79.9. The Bertz CT molecular complexity index is 627. The number of nitrogens with one attached hydrogen (secondary N) is 1. The maximum Gasteiger partial charge on any atom is 0.407 e. The number of carbonyl (C=O) groups excluding carboxylic acids is 1. The van der Waals surface area contributed by atoms with Crippen LogP contribution in [-0.4, -0.2) is 40.1 Å². The van der Waals surface area contributed by atoms with Crippen molar-refractivity contribution in [1.82, 2.24) is 4.90 Å². The molecule has 0 aromatic heterocycles. The first-order valence-corrected chi connectivity index (χ1v) is 8.68. The normalized spacial score (nSPS) is 24.5. The molecule has 0 aliphatic carbocycles. The minimum absolute atomic E-state index is 0.268. The fraction of sp³-hybridized carbons (Fsp3) is 0.529. The van der Waals surface area contributed by atoms with Gasteiger partial charge in [0.05, 0.1) is 0 Å². The zero-order chi connectivity index (χ0) is 18.1. The molecule has 4 N–H and O–H groups in total. The van der Waals surface area contributed by atoms with Gasteiger partial charge in [-0.1, -0.05) is 36.7 Å². The van der Waals surface area contributed by atoms with Crippen molar-refractivity contribution < 1.29 is 14.7 Å². The summed E-state index contributed by atoms with van der Waals surface area (Å²) in [4.78, 5) is 25.3. The molecule has 1 aromatic rings. The molecular weight excluding hydrogens is 374 g/mol. The lowest BCUT2D eigenvalue weighted by atomic mass is 9.73. The Morgan fingerprint density at radius 1 is 1.33 bits per heavy atom. The van der Waals surface area contributed by atoms with Crippen LogP contribution in [0.3, 0.4) is 0 Å². The van der Waals surface area contributed by atoms with Crippen molar-refractivity contribution in [3.05, 3.63) is 28.7 Å². The van der Waals surface area contributed by atoms with Crippen LogP contribution in [0.2, 0.25) is 0 Å². The fourth-order valence-corrected chi connectivity index (χ4v) is 3.48. The molecule has 6 nitrogen and oxygen atoms in total. The highest BCUT2D eigenvalue weighted by molar-refractivity contribution is 9.10. The predicted molar refractivity (Wildman–Crippen MR) is 96.9 cm³/mol. The summed E-state index contributed by atoms with van der Waals surface area (Å²) in [5.74, 6) is -0.454. The van der Waals surface area contributed by atoms with E-state index in [0.717, 1.165) is 10.2 Å². The zero-order valence-corrected chi connectivity index (χ0v) is 15.8. The third-order valence-corrected chi connectivity index (χ3v) is 5.17. The largest absolute Gasteiger partial charge is 0.465 e. The number of hydrogen-bond acceptors (Lipinski definition) is 3. The second-order valence-corrected chi connectivity index (χ2v) is 8.31. The molecule has 132 valence electrons. The van der Waals surface area contributed by atoms with Crippen molar-refractivity contribution in [2.45, 2.75) is 45.2 Å². The van der Waals surface area contributed by atoms with Gasteiger partial charge in [-0.3, -0.25) is 4.79 Å². The molecule has 2 amide bonds. The molecule has 2 unspecified atom stereocenters. The molecule has 0 spiro atoms. The first-order chi connectivity index (χ1) is 11.0. The fourth-order valence-electron chi connectivity index (χ4n) is 3.22. The van der Waals surface area contributed by atoms with E-state index in [1.54, 1.807) is 0 Å². The Morgan fingerprint density at radius 3 is 2.38 bits per heavy atom. The van der Waals surface area contributed by atoms with Gasteiger partial charge in [0, 0.05) is 29.2 Å². The van der Waals surface area contributed by atoms with Crippen LogP contribution >= 0.6 is 15.9 Å². The van der Waals surface area contributed by atoms with Crippen LogP contribution in [-0.2, 0) is 4.79 Å². The molecule has 1 aliphatic rings. The topological polar surface area (TPSA) is 95.7 Å². The van der Waals surface area contributed by atoms with Crippen molar-refractivity contribution in [3.8, 4) is 0 Å². The average molecular weight is 398 g/mol.